The van der Waals surface area contributed by atoms with Crippen LogP contribution in [0.2, 0.25) is 0 Å². The minimum Gasteiger partial charge on any atom is -0.366 e. The number of aromatic nitrogens is 1. The quantitative estimate of drug-likeness (QED) is 0.651. The van der Waals surface area contributed by atoms with E-state index in [1.54, 1.807) is 12.3 Å². The zero-order chi connectivity index (χ0) is 9.35. The van der Waals surface area contributed by atoms with Crippen LogP contribution in [-0.4, -0.2) is 10.9 Å². The van der Waals surface area contributed by atoms with Gasteiger partial charge in [-0.2, -0.15) is 0 Å². The Morgan fingerprint density at radius 2 is 2.08 bits per heavy atom. The van der Waals surface area contributed by atoms with Crippen molar-refractivity contribution in [3.05, 3.63) is 23.5 Å². The largest absolute Gasteiger partial charge is 0.366 e. The first kappa shape index (κ1) is 8.84. The van der Waals surface area contributed by atoms with E-state index in [1.807, 2.05) is 20.8 Å². The Labute approximate surface area is 72.0 Å². The van der Waals surface area contributed by atoms with E-state index in [1.165, 1.54) is 0 Å². The van der Waals surface area contributed by atoms with E-state index in [4.69, 9.17) is 5.73 Å². The summed E-state index contributed by atoms with van der Waals surface area (Å²) in [5.74, 6) is -0.374. The van der Waals surface area contributed by atoms with Gasteiger partial charge < -0.3 is 10.7 Å². The minimum absolute atomic E-state index is 0.0616. The molecule has 1 amide bonds. The topological polar surface area (TPSA) is 58.9 Å². The molecule has 0 atom stereocenters. The maximum atomic E-state index is 10.9. The summed E-state index contributed by atoms with van der Waals surface area (Å²) in [6.07, 6.45) is 1.74. The average molecular weight is 166 g/mol. The predicted molar refractivity (Wildman–Crippen MR) is 48.0 cm³/mol. The lowest BCUT2D eigenvalue weighted by atomic mass is 9.89. The van der Waals surface area contributed by atoms with Crippen molar-refractivity contribution in [1.82, 2.24) is 4.98 Å². The Kier molecular flexibility index (Phi) is 1.96. The van der Waals surface area contributed by atoms with Crippen LogP contribution in [0.15, 0.2) is 12.3 Å². The number of hydrogen-bond acceptors (Lipinski definition) is 1. The number of amides is 1. The molecular formula is C9H14N2O. The van der Waals surface area contributed by atoms with Crippen molar-refractivity contribution in [3.63, 3.8) is 0 Å². The molecule has 0 aromatic carbocycles. The number of aromatic amines is 1. The van der Waals surface area contributed by atoms with Crippen molar-refractivity contribution in [2.45, 2.75) is 26.2 Å². The molecule has 1 aromatic rings. The van der Waals surface area contributed by atoms with Crippen molar-refractivity contribution in [2.75, 3.05) is 0 Å². The Bertz CT molecular complexity index is 294. The van der Waals surface area contributed by atoms with Gasteiger partial charge in [0.2, 0.25) is 0 Å². The smallest absolute Gasteiger partial charge is 0.250 e. The monoisotopic (exact) mass is 166 g/mol. The van der Waals surface area contributed by atoms with Gasteiger partial charge in [-0.25, -0.2) is 0 Å². The van der Waals surface area contributed by atoms with Crippen molar-refractivity contribution < 1.29 is 4.79 Å². The van der Waals surface area contributed by atoms with Crippen LogP contribution in [0.1, 0.15) is 36.8 Å². The Hall–Kier alpha value is -1.25. The fourth-order valence-corrected chi connectivity index (χ4v) is 1.20. The highest BCUT2D eigenvalue weighted by atomic mass is 16.1. The van der Waals surface area contributed by atoms with Gasteiger partial charge in [-0.15, -0.1) is 0 Å². The highest BCUT2D eigenvalue weighted by molar-refractivity contribution is 5.94. The Morgan fingerprint density at radius 3 is 2.42 bits per heavy atom. The van der Waals surface area contributed by atoms with Crippen LogP contribution in [0.3, 0.4) is 0 Å². The van der Waals surface area contributed by atoms with Gasteiger partial charge in [-0.3, -0.25) is 4.79 Å². The number of nitrogens with one attached hydrogen (secondary N) is 1. The molecule has 1 heterocycles. The van der Waals surface area contributed by atoms with Crippen molar-refractivity contribution in [3.8, 4) is 0 Å². The SMILES string of the molecule is CC(C)(C)c1[nH]ccc1C(N)=O. The van der Waals surface area contributed by atoms with Gasteiger partial charge in [0.1, 0.15) is 0 Å². The second-order valence-corrected chi connectivity index (χ2v) is 3.88. The third-order valence-corrected chi connectivity index (χ3v) is 1.76. The maximum Gasteiger partial charge on any atom is 0.250 e. The van der Waals surface area contributed by atoms with Gasteiger partial charge in [0, 0.05) is 17.3 Å². The molecule has 0 aliphatic heterocycles. The minimum atomic E-state index is -0.374. The van der Waals surface area contributed by atoms with Crippen molar-refractivity contribution >= 4 is 5.91 Å². The molecule has 3 N–H and O–H groups in total. The molecule has 0 aliphatic carbocycles. The normalized spacial score (nSPS) is 11.6. The number of carbonyl (C=O) groups excluding carboxylic acids is 1. The van der Waals surface area contributed by atoms with Crippen LogP contribution in [0.25, 0.3) is 0 Å². The molecular weight excluding hydrogens is 152 g/mol. The molecule has 66 valence electrons. The summed E-state index contributed by atoms with van der Waals surface area (Å²) in [4.78, 5) is 14.0. The fourth-order valence-electron chi connectivity index (χ4n) is 1.20. The Morgan fingerprint density at radius 1 is 1.50 bits per heavy atom. The summed E-state index contributed by atoms with van der Waals surface area (Å²) >= 11 is 0. The highest BCUT2D eigenvalue weighted by Gasteiger charge is 2.21. The molecule has 3 nitrogen and oxygen atoms in total. The van der Waals surface area contributed by atoms with Gasteiger partial charge in [0.15, 0.2) is 0 Å². The van der Waals surface area contributed by atoms with Gasteiger partial charge in [0.05, 0.1) is 5.56 Å². The zero-order valence-corrected chi connectivity index (χ0v) is 7.64. The van der Waals surface area contributed by atoms with Gasteiger partial charge >= 0.3 is 0 Å². The molecule has 0 saturated carbocycles. The van der Waals surface area contributed by atoms with E-state index in [2.05, 4.69) is 4.98 Å². The standard InChI is InChI=1S/C9H14N2O/c1-9(2,3)7-6(8(10)12)4-5-11-7/h4-5,11H,1-3H3,(H2,10,12). The van der Waals surface area contributed by atoms with Crippen LogP contribution in [0.4, 0.5) is 0 Å². The molecule has 0 bridgehead atoms. The number of carbonyl (C=O) groups is 1. The summed E-state index contributed by atoms with van der Waals surface area (Å²) in [5.41, 5.74) is 6.62. The van der Waals surface area contributed by atoms with Gasteiger partial charge in [-0.05, 0) is 6.07 Å². The van der Waals surface area contributed by atoms with Crippen molar-refractivity contribution in [2.24, 2.45) is 5.73 Å². The van der Waals surface area contributed by atoms with Crippen LogP contribution in [-0.2, 0) is 5.41 Å². The molecule has 0 unspecified atom stereocenters. The predicted octanol–water partition coefficient (Wildman–Crippen LogP) is 1.41. The fraction of sp³-hybridized carbons (Fsp3) is 0.444. The lowest BCUT2D eigenvalue weighted by molar-refractivity contribution is 0.0998. The first-order valence-corrected chi connectivity index (χ1v) is 3.90. The molecule has 0 aliphatic rings. The number of hydrogen-bond donors (Lipinski definition) is 2. The van der Waals surface area contributed by atoms with Crippen LogP contribution >= 0.6 is 0 Å². The van der Waals surface area contributed by atoms with E-state index in [-0.39, 0.29) is 11.3 Å². The third kappa shape index (κ3) is 1.49. The Balaban J connectivity index is 3.17. The highest BCUT2D eigenvalue weighted by Crippen LogP contribution is 2.23. The number of nitrogens with two attached hydrogens (primary N) is 1. The first-order chi connectivity index (χ1) is 5.43. The third-order valence-electron chi connectivity index (χ3n) is 1.76. The summed E-state index contributed by atoms with van der Waals surface area (Å²) in [6.45, 7) is 6.10. The summed E-state index contributed by atoms with van der Waals surface area (Å²) < 4.78 is 0. The second kappa shape index (κ2) is 2.66. The molecule has 0 spiro atoms. The molecule has 3 heteroatoms. The second-order valence-electron chi connectivity index (χ2n) is 3.88. The lowest BCUT2D eigenvalue weighted by Gasteiger charge is -2.17. The van der Waals surface area contributed by atoms with E-state index >= 15 is 0 Å². The van der Waals surface area contributed by atoms with E-state index in [9.17, 15) is 4.79 Å². The van der Waals surface area contributed by atoms with Gasteiger partial charge in [-0.1, -0.05) is 20.8 Å². The average Bonchev–Trinajstić information content (AvgIpc) is 2.30. The van der Waals surface area contributed by atoms with Crippen LogP contribution in [0.5, 0.6) is 0 Å². The van der Waals surface area contributed by atoms with Crippen LogP contribution < -0.4 is 5.73 Å². The number of rotatable bonds is 1. The molecule has 1 aromatic heterocycles. The van der Waals surface area contributed by atoms with E-state index in [0.29, 0.717) is 5.56 Å². The molecule has 0 fully saturated rings. The lowest BCUT2D eigenvalue weighted by Crippen LogP contribution is -2.20. The van der Waals surface area contributed by atoms with E-state index < -0.39 is 0 Å². The summed E-state index contributed by atoms with van der Waals surface area (Å²) in [5, 5.41) is 0. The molecule has 12 heavy (non-hydrogen) atoms. The molecule has 0 radical (unpaired) electrons. The van der Waals surface area contributed by atoms with Crippen LogP contribution in [0, 0.1) is 0 Å². The maximum absolute atomic E-state index is 10.9. The number of primary amides is 1. The summed E-state index contributed by atoms with van der Waals surface area (Å²) in [6, 6.07) is 1.71. The first-order valence-electron chi connectivity index (χ1n) is 3.90. The van der Waals surface area contributed by atoms with E-state index in [0.717, 1.165) is 5.69 Å². The van der Waals surface area contributed by atoms with Crippen molar-refractivity contribution in [1.29, 1.82) is 0 Å². The van der Waals surface area contributed by atoms with Gasteiger partial charge in [0.25, 0.3) is 5.91 Å². The number of H-pyrrole nitrogens is 1. The molecule has 0 saturated heterocycles. The summed E-state index contributed by atoms with van der Waals surface area (Å²) in [7, 11) is 0. The molecule has 1 rings (SSSR count). The zero-order valence-electron chi connectivity index (χ0n) is 7.64.